The maximum atomic E-state index is 7.60. The van der Waals surface area contributed by atoms with E-state index < -0.39 is 0 Å². The predicted octanol–water partition coefficient (Wildman–Crippen LogP) is 1.38. The van der Waals surface area contributed by atoms with Crippen LogP contribution < -0.4 is 5.73 Å². The smallest absolute Gasteiger partial charge is 0.147 e. The number of nitrogens with one attached hydrogen (secondary N) is 1. The summed E-state index contributed by atoms with van der Waals surface area (Å²) < 4.78 is 3.88. The monoisotopic (exact) mass is 219 g/mol. The topological polar surface area (TPSA) is 72.1 Å². The summed E-state index contributed by atoms with van der Waals surface area (Å²) in [7, 11) is 0. The lowest BCUT2D eigenvalue weighted by Crippen LogP contribution is -2.14. The van der Waals surface area contributed by atoms with Crippen LogP contribution in [0.15, 0.2) is 12.4 Å². The van der Waals surface area contributed by atoms with Crippen LogP contribution in [-0.4, -0.2) is 20.0 Å². The third-order valence-corrected chi connectivity index (χ3v) is 2.55. The van der Waals surface area contributed by atoms with Crippen LogP contribution in [0, 0.1) is 18.3 Å². The molecule has 0 spiro atoms. The van der Waals surface area contributed by atoms with Gasteiger partial charge in [0.15, 0.2) is 0 Å². The second kappa shape index (κ2) is 3.66. The minimum absolute atomic E-state index is 0.0798. The predicted molar refractivity (Wildman–Crippen MR) is 63.8 cm³/mol. The molecule has 0 bridgehead atoms. The minimum Gasteiger partial charge on any atom is -0.384 e. The maximum Gasteiger partial charge on any atom is 0.147 e. The van der Waals surface area contributed by atoms with Crippen LogP contribution in [-0.2, 0) is 6.54 Å². The Hall–Kier alpha value is -1.78. The number of aryl methyl sites for hydroxylation is 1. The molecule has 2 aromatic rings. The molecule has 0 aliphatic carbocycles. The number of nitrogens with two attached hydrogens (primary N) is 1. The summed E-state index contributed by atoms with van der Waals surface area (Å²) in [4.78, 5) is 0. The molecule has 2 rings (SSSR count). The lowest BCUT2D eigenvalue weighted by Gasteiger charge is -2.07. The first kappa shape index (κ1) is 10.7. The second-order valence-corrected chi connectivity index (χ2v) is 4.49. The van der Waals surface area contributed by atoms with Gasteiger partial charge in [-0.2, -0.15) is 5.10 Å². The van der Waals surface area contributed by atoms with Crippen LogP contribution in [0.3, 0.4) is 0 Å². The molecule has 0 unspecified atom stereocenters. The number of fused-ring (bicyclic) bond motifs is 1. The van der Waals surface area contributed by atoms with Gasteiger partial charge >= 0.3 is 0 Å². The van der Waals surface area contributed by atoms with Crippen molar-refractivity contribution in [1.82, 2.24) is 14.2 Å². The fourth-order valence-corrected chi connectivity index (χ4v) is 1.98. The molecule has 2 heterocycles. The van der Waals surface area contributed by atoms with Crippen molar-refractivity contribution in [3.8, 4) is 0 Å². The molecule has 0 saturated heterocycles. The molecule has 5 heteroatoms. The Kier molecular flexibility index (Phi) is 2.46. The van der Waals surface area contributed by atoms with Gasteiger partial charge in [-0.15, -0.1) is 0 Å². The molecule has 0 fully saturated rings. The van der Waals surface area contributed by atoms with E-state index in [4.69, 9.17) is 11.1 Å². The second-order valence-electron chi connectivity index (χ2n) is 4.49. The highest BCUT2D eigenvalue weighted by Gasteiger charge is 2.15. The van der Waals surface area contributed by atoms with Crippen LogP contribution >= 0.6 is 0 Å². The molecule has 0 aliphatic heterocycles. The van der Waals surface area contributed by atoms with Gasteiger partial charge in [0.05, 0.1) is 11.3 Å². The lowest BCUT2D eigenvalue weighted by atomic mass is 10.2. The quantitative estimate of drug-likeness (QED) is 0.604. The van der Waals surface area contributed by atoms with E-state index in [0.29, 0.717) is 5.92 Å². The number of hydrogen-bond donors (Lipinski definition) is 2. The van der Waals surface area contributed by atoms with Gasteiger partial charge in [-0.05, 0) is 12.8 Å². The first-order valence-corrected chi connectivity index (χ1v) is 5.39. The van der Waals surface area contributed by atoms with Crippen molar-refractivity contribution < 1.29 is 0 Å². The van der Waals surface area contributed by atoms with Gasteiger partial charge in [0.1, 0.15) is 11.5 Å². The minimum atomic E-state index is 0.0798. The number of nitrogen functional groups attached to an aromatic ring is 1. The van der Waals surface area contributed by atoms with E-state index >= 15 is 0 Å². The van der Waals surface area contributed by atoms with Crippen molar-refractivity contribution in [2.45, 2.75) is 27.3 Å². The van der Waals surface area contributed by atoms with E-state index in [2.05, 4.69) is 23.5 Å². The molecule has 0 amide bonds. The van der Waals surface area contributed by atoms with Crippen molar-refractivity contribution in [3.05, 3.63) is 23.7 Å². The van der Waals surface area contributed by atoms with E-state index in [0.717, 1.165) is 23.4 Å². The number of amidine groups is 1. The summed E-state index contributed by atoms with van der Waals surface area (Å²) in [5.74, 6) is 0.627. The molecule has 0 atom stereocenters. The Morgan fingerprint density at radius 2 is 2.19 bits per heavy atom. The lowest BCUT2D eigenvalue weighted by molar-refractivity contribution is 0.533. The van der Waals surface area contributed by atoms with Gasteiger partial charge in [-0.3, -0.25) is 5.41 Å². The third kappa shape index (κ3) is 1.58. The van der Waals surface area contributed by atoms with Crippen LogP contribution in [0.1, 0.15) is 25.1 Å². The van der Waals surface area contributed by atoms with Crippen LogP contribution in [0.2, 0.25) is 0 Å². The van der Waals surface area contributed by atoms with Gasteiger partial charge in [0.2, 0.25) is 0 Å². The summed E-state index contributed by atoms with van der Waals surface area (Å²) in [5.41, 5.74) is 8.06. The molecule has 16 heavy (non-hydrogen) atoms. The Bertz CT molecular complexity index is 532. The Morgan fingerprint density at radius 1 is 1.50 bits per heavy atom. The molecule has 0 radical (unpaired) electrons. The average Bonchev–Trinajstić information content (AvgIpc) is 2.64. The van der Waals surface area contributed by atoms with Crippen molar-refractivity contribution in [1.29, 1.82) is 5.41 Å². The van der Waals surface area contributed by atoms with E-state index in [1.807, 2.05) is 19.3 Å². The summed E-state index contributed by atoms with van der Waals surface area (Å²) in [6.45, 7) is 7.10. The zero-order chi connectivity index (χ0) is 11.9. The van der Waals surface area contributed by atoms with Crippen LogP contribution in [0.5, 0.6) is 0 Å². The van der Waals surface area contributed by atoms with Crippen LogP contribution in [0.4, 0.5) is 0 Å². The number of aromatic nitrogens is 3. The Labute approximate surface area is 94.4 Å². The van der Waals surface area contributed by atoms with Crippen molar-refractivity contribution >= 4 is 11.5 Å². The largest absolute Gasteiger partial charge is 0.384 e. The maximum absolute atomic E-state index is 7.60. The van der Waals surface area contributed by atoms with Crippen molar-refractivity contribution in [2.75, 3.05) is 0 Å². The summed E-state index contributed by atoms with van der Waals surface area (Å²) in [6.07, 6.45) is 3.88. The molecule has 86 valence electrons. The average molecular weight is 219 g/mol. The molecule has 0 saturated carbocycles. The van der Waals surface area contributed by atoms with Gasteiger partial charge in [-0.25, -0.2) is 4.52 Å². The highest BCUT2D eigenvalue weighted by molar-refractivity contribution is 6.01. The van der Waals surface area contributed by atoms with Crippen molar-refractivity contribution in [3.63, 3.8) is 0 Å². The molecular weight excluding hydrogens is 202 g/mol. The molecule has 2 aromatic heterocycles. The highest BCUT2D eigenvalue weighted by Crippen LogP contribution is 2.16. The van der Waals surface area contributed by atoms with Crippen LogP contribution in [0.25, 0.3) is 5.65 Å². The number of rotatable bonds is 3. The summed E-state index contributed by atoms with van der Waals surface area (Å²) in [6, 6.07) is 0. The van der Waals surface area contributed by atoms with Crippen molar-refractivity contribution in [2.24, 2.45) is 11.7 Å². The summed E-state index contributed by atoms with van der Waals surface area (Å²) in [5, 5.41) is 11.9. The first-order chi connectivity index (χ1) is 7.50. The van der Waals surface area contributed by atoms with E-state index in [-0.39, 0.29) is 5.84 Å². The highest BCUT2D eigenvalue weighted by atomic mass is 15.3. The Morgan fingerprint density at radius 3 is 2.75 bits per heavy atom. The first-order valence-electron chi connectivity index (χ1n) is 5.39. The number of imidazole rings is 1. The number of hydrogen-bond acceptors (Lipinski definition) is 2. The standard InChI is InChI=1S/C11H17N5/c1-7(2)6-15-4-5-16-11(15)9(10(12)13)8(3)14-16/h4-5,7H,6H2,1-3H3,(H3,12,13). The molecule has 0 aromatic carbocycles. The van der Waals surface area contributed by atoms with Gasteiger partial charge in [0.25, 0.3) is 0 Å². The molecular formula is C11H17N5. The zero-order valence-corrected chi connectivity index (χ0v) is 9.86. The zero-order valence-electron chi connectivity index (χ0n) is 9.86. The number of nitrogens with zero attached hydrogens (tertiary/aromatic N) is 3. The molecule has 3 N–H and O–H groups in total. The molecule has 0 aliphatic rings. The van der Waals surface area contributed by atoms with Gasteiger partial charge in [-0.1, -0.05) is 13.8 Å². The van der Waals surface area contributed by atoms with E-state index in [1.54, 1.807) is 4.52 Å². The molecule has 5 nitrogen and oxygen atoms in total. The van der Waals surface area contributed by atoms with Gasteiger partial charge < -0.3 is 10.3 Å². The van der Waals surface area contributed by atoms with E-state index in [9.17, 15) is 0 Å². The third-order valence-electron chi connectivity index (χ3n) is 2.55. The fourth-order valence-electron chi connectivity index (χ4n) is 1.98. The SMILES string of the molecule is Cc1nn2ccn(CC(C)C)c2c1C(=N)N. The van der Waals surface area contributed by atoms with Gasteiger partial charge in [0, 0.05) is 18.9 Å². The summed E-state index contributed by atoms with van der Waals surface area (Å²) >= 11 is 0. The fraction of sp³-hybridized carbons (Fsp3) is 0.455. The Balaban J connectivity index is 2.63. The van der Waals surface area contributed by atoms with E-state index in [1.165, 1.54) is 0 Å². The normalized spacial score (nSPS) is 11.5.